The Hall–Kier alpha value is -2.05. The third-order valence-corrected chi connectivity index (χ3v) is 4.13. The Morgan fingerprint density at radius 3 is 2.67 bits per heavy atom. The topological polar surface area (TPSA) is 106 Å². The first-order valence-electron chi connectivity index (χ1n) is 7.33. The van der Waals surface area contributed by atoms with Crippen LogP contribution < -0.4 is 11.1 Å². The van der Waals surface area contributed by atoms with E-state index in [0.717, 1.165) is 19.3 Å². The number of rotatable bonds is 4. The van der Waals surface area contributed by atoms with Crippen molar-refractivity contribution in [1.82, 2.24) is 9.78 Å². The van der Waals surface area contributed by atoms with Crippen LogP contribution in [0.4, 0.5) is 5.69 Å². The Morgan fingerprint density at radius 2 is 2.14 bits per heavy atom. The lowest BCUT2D eigenvalue weighted by atomic mass is 9.72. The quantitative estimate of drug-likeness (QED) is 0.342. The normalized spacial score (nSPS) is 18.7. The molecule has 1 aliphatic carbocycles. The van der Waals surface area contributed by atoms with Crippen molar-refractivity contribution in [2.24, 2.45) is 16.3 Å². The summed E-state index contributed by atoms with van der Waals surface area (Å²) in [4.78, 5) is 12.6. The predicted molar refractivity (Wildman–Crippen MR) is 80.2 cm³/mol. The van der Waals surface area contributed by atoms with Crippen LogP contribution in [0.2, 0.25) is 0 Å². The Bertz CT molecular complexity index is 529. The number of nitrogens with one attached hydrogen (secondary N) is 1. The fourth-order valence-corrected chi connectivity index (χ4v) is 2.79. The van der Waals surface area contributed by atoms with Gasteiger partial charge in [-0.1, -0.05) is 24.4 Å². The van der Waals surface area contributed by atoms with Crippen LogP contribution in [-0.2, 0) is 4.79 Å². The average molecular weight is 293 g/mol. The van der Waals surface area contributed by atoms with E-state index in [1.165, 1.54) is 0 Å². The molecule has 0 atom stereocenters. The van der Waals surface area contributed by atoms with Crippen LogP contribution in [-0.4, -0.2) is 26.7 Å². The molecule has 1 aliphatic rings. The molecule has 4 N–H and O–H groups in total. The van der Waals surface area contributed by atoms with Crippen LogP contribution >= 0.6 is 0 Å². The molecule has 0 aromatic carbocycles. The van der Waals surface area contributed by atoms with Crippen LogP contribution in [0.15, 0.2) is 17.5 Å². The van der Waals surface area contributed by atoms with Gasteiger partial charge in [-0.05, 0) is 26.7 Å². The molecule has 1 aromatic rings. The van der Waals surface area contributed by atoms with E-state index in [1.807, 2.05) is 13.8 Å². The third kappa shape index (κ3) is 3.01. The third-order valence-electron chi connectivity index (χ3n) is 4.13. The first-order valence-corrected chi connectivity index (χ1v) is 7.33. The van der Waals surface area contributed by atoms with Crippen molar-refractivity contribution in [2.75, 3.05) is 5.32 Å². The Balaban J connectivity index is 2.18. The number of oxime groups is 1. The number of anilines is 1. The van der Waals surface area contributed by atoms with Gasteiger partial charge in [0.15, 0.2) is 5.84 Å². The predicted octanol–water partition coefficient (Wildman–Crippen LogP) is 2.10. The number of carbonyl (C=O) groups is 1. The lowest BCUT2D eigenvalue weighted by Crippen LogP contribution is -2.48. The smallest absolute Gasteiger partial charge is 0.238 e. The Labute approximate surface area is 124 Å². The van der Waals surface area contributed by atoms with Gasteiger partial charge in [-0.2, -0.15) is 5.10 Å². The van der Waals surface area contributed by atoms with Crippen molar-refractivity contribution >= 4 is 17.4 Å². The molecule has 7 nitrogen and oxygen atoms in total. The molecule has 0 aliphatic heterocycles. The van der Waals surface area contributed by atoms with Gasteiger partial charge in [-0.15, -0.1) is 0 Å². The molecule has 1 amide bonds. The van der Waals surface area contributed by atoms with Crippen molar-refractivity contribution in [3.05, 3.63) is 12.4 Å². The van der Waals surface area contributed by atoms with Crippen molar-refractivity contribution in [3.63, 3.8) is 0 Å². The second-order valence-corrected chi connectivity index (χ2v) is 5.88. The zero-order chi connectivity index (χ0) is 15.5. The second-order valence-electron chi connectivity index (χ2n) is 5.88. The van der Waals surface area contributed by atoms with Gasteiger partial charge in [-0.3, -0.25) is 9.48 Å². The van der Waals surface area contributed by atoms with Gasteiger partial charge >= 0.3 is 0 Å². The molecule has 0 unspecified atom stereocenters. The summed E-state index contributed by atoms with van der Waals surface area (Å²) in [6, 6.07) is 0.225. The highest BCUT2D eigenvalue weighted by Crippen LogP contribution is 2.37. The van der Waals surface area contributed by atoms with Gasteiger partial charge in [0.25, 0.3) is 0 Å². The highest BCUT2D eigenvalue weighted by Gasteiger charge is 2.44. The summed E-state index contributed by atoms with van der Waals surface area (Å²) >= 11 is 0. The van der Waals surface area contributed by atoms with E-state index in [2.05, 4.69) is 15.6 Å². The first kappa shape index (κ1) is 15.3. The molecule has 0 bridgehead atoms. The van der Waals surface area contributed by atoms with E-state index in [9.17, 15) is 4.79 Å². The Kier molecular flexibility index (Phi) is 4.50. The molecule has 0 radical (unpaired) electrons. The maximum absolute atomic E-state index is 12.6. The van der Waals surface area contributed by atoms with Gasteiger partial charge < -0.3 is 16.3 Å². The van der Waals surface area contributed by atoms with E-state index in [0.29, 0.717) is 18.5 Å². The summed E-state index contributed by atoms with van der Waals surface area (Å²) in [6.07, 6.45) is 7.47. The maximum atomic E-state index is 12.6. The fraction of sp³-hybridized carbons (Fsp3) is 0.643. The average Bonchev–Trinajstić information content (AvgIpc) is 2.95. The maximum Gasteiger partial charge on any atom is 0.238 e. The number of aromatic nitrogens is 2. The highest BCUT2D eigenvalue weighted by molar-refractivity contribution is 6.11. The minimum Gasteiger partial charge on any atom is -0.409 e. The van der Waals surface area contributed by atoms with Gasteiger partial charge in [0.2, 0.25) is 5.91 Å². The van der Waals surface area contributed by atoms with Gasteiger partial charge in [0.1, 0.15) is 5.41 Å². The lowest BCUT2D eigenvalue weighted by molar-refractivity contribution is -0.123. The summed E-state index contributed by atoms with van der Waals surface area (Å²) < 4.78 is 1.77. The zero-order valence-electron chi connectivity index (χ0n) is 12.5. The number of hydrogen-bond acceptors (Lipinski definition) is 4. The SMILES string of the molecule is CC(C)n1cc(NC(=O)C2(C(N)=NO)CCCCC2)cn1. The fourth-order valence-electron chi connectivity index (χ4n) is 2.79. The first-order chi connectivity index (χ1) is 9.99. The minimum absolute atomic E-state index is 0.00375. The molecule has 1 heterocycles. The van der Waals surface area contributed by atoms with Gasteiger partial charge in [0, 0.05) is 12.2 Å². The molecular formula is C14H23N5O2. The summed E-state index contributed by atoms with van der Waals surface area (Å²) in [5.74, 6) is -0.225. The van der Waals surface area contributed by atoms with Crippen molar-refractivity contribution < 1.29 is 10.0 Å². The molecule has 116 valence electrons. The largest absolute Gasteiger partial charge is 0.409 e. The monoisotopic (exact) mass is 293 g/mol. The number of amidine groups is 1. The number of nitrogens with two attached hydrogens (primary N) is 1. The standard InChI is InChI=1S/C14H23N5O2/c1-10(2)19-9-11(8-16-19)17-13(20)14(12(15)18-21)6-4-3-5-7-14/h8-10,21H,3-7H2,1-2H3,(H2,15,18)(H,17,20). The highest BCUT2D eigenvalue weighted by atomic mass is 16.4. The zero-order valence-corrected chi connectivity index (χ0v) is 12.5. The van der Waals surface area contributed by atoms with E-state index in [4.69, 9.17) is 10.9 Å². The van der Waals surface area contributed by atoms with E-state index >= 15 is 0 Å². The molecule has 21 heavy (non-hydrogen) atoms. The molecular weight excluding hydrogens is 270 g/mol. The number of amides is 1. The van der Waals surface area contributed by atoms with Crippen molar-refractivity contribution in [3.8, 4) is 0 Å². The molecule has 7 heteroatoms. The molecule has 2 rings (SSSR count). The summed E-state index contributed by atoms with van der Waals surface area (Å²) in [6.45, 7) is 4.02. The van der Waals surface area contributed by atoms with Crippen LogP contribution in [0.5, 0.6) is 0 Å². The van der Waals surface area contributed by atoms with Crippen LogP contribution in [0.25, 0.3) is 0 Å². The summed E-state index contributed by atoms with van der Waals surface area (Å²) in [5, 5.41) is 19.1. The molecule has 1 aromatic heterocycles. The van der Waals surface area contributed by atoms with Crippen LogP contribution in [0.1, 0.15) is 52.0 Å². The minimum atomic E-state index is -0.910. The molecule has 0 saturated heterocycles. The Morgan fingerprint density at radius 1 is 1.48 bits per heavy atom. The van der Waals surface area contributed by atoms with Crippen molar-refractivity contribution in [2.45, 2.75) is 52.0 Å². The summed E-state index contributed by atoms with van der Waals surface area (Å²) in [7, 11) is 0. The summed E-state index contributed by atoms with van der Waals surface area (Å²) in [5.41, 5.74) is 5.53. The number of hydrogen-bond donors (Lipinski definition) is 3. The van der Waals surface area contributed by atoms with E-state index in [-0.39, 0.29) is 17.8 Å². The number of carbonyl (C=O) groups excluding carboxylic acids is 1. The lowest BCUT2D eigenvalue weighted by Gasteiger charge is -2.34. The van der Waals surface area contributed by atoms with Crippen LogP contribution in [0.3, 0.4) is 0 Å². The second kappa shape index (κ2) is 6.15. The van der Waals surface area contributed by atoms with Crippen molar-refractivity contribution in [1.29, 1.82) is 0 Å². The van der Waals surface area contributed by atoms with Crippen LogP contribution in [0, 0.1) is 5.41 Å². The van der Waals surface area contributed by atoms with Gasteiger partial charge in [0.05, 0.1) is 11.9 Å². The number of nitrogens with zero attached hydrogens (tertiary/aromatic N) is 3. The van der Waals surface area contributed by atoms with E-state index < -0.39 is 5.41 Å². The molecule has 1 saturated carbocycles. The van der Waals surface area contributed by atoms with E-state index in [1.54, 1.807) is 17.1 Å². The molecule has 1 fully saturated rings. The molecule has 0 spiro atoms. The van der Waals surface area contributed by atoms with Gasteiger partial charge in [-0.25, -0.2) is 0 Å².